The summed E-state index contributed by atoms with van der Waals surface area (Å²) in [6, 6.07) is 5.96. The molecule has 1 fully saturated rings. The van der Waals surface area contributed by atoms with Crippen LogP contribution in [0.25, 0.3) is 0 Å². The Morgan fingerprint density at radius 2 is 1.97 bits per heavy atom. The summed E-state index contributed by atoms with van der Waals surface area (Å²) in [5.41, 5.74) is 3.50. The summed E-state index contributed by atoms with van der Waals surface area (Å²) < 4.78 is 5.98. The summed E-state index contributed by atoms with van der Waals surface area (Å²) >= 11 is 0. The van der Waals surface area contributed by atoms with Gasteiger partial charge in [-0.15, -0.1) is 0 Å². The van der Waals surface area contributed by atoms with Gasteiger partial charge in [0.15, 0.2) is 5.82 Å². The first kappa shape index (κ1) is 25.6. The lowest BCUT2D eigenvalue weighted by atomic mass is 9.94. The fraction of sp³-hybridized carbons (Fsp3) is 0.538. The number of hydrogen-bond acceptors (Lipinski definition) is 7. The Balaban J connectivity index is 1.71. The number of rotatable bonds is 9. The molecule has 8 heteroatoms. The number of piperidine rings is 1. The van der Waals surface area contributed by atoms with Gasteiger partial charge in [-0.25, -0.2) is 15.0 Å². The third kappa shape index (κ3) is 7.25. The predicted molar refractivity (Wildman–Crippen MR) is 138 cm³/mol. The molecule has 1 amide bonds. The maximum absolute atomic E-state index is 12.7. The minimum Gasteiger partial charge on any atom is -0.489 e. The molecule has 0 saturated carbocycles. The lowest BCUT2D eigenvalue weighted by molar-refractivity contribution is -0.114. The lowest BCUT2D eigenvalue weighted by Crippen LogP contribution is -2.34. The van der Waals surface area contributed by atoms with Crippen molar-refractivity contribution in [3.63, 3.8) is 0 Å². The van der Waals surface area contributed by atoms with Crippen molar-refractivity contribution in [2.24, 2.45) is 10.9 Å². The van der Waals surface area contributed by atoms with E-state index < -0.39 is 0 Å². The molecule has 0 spiro atoms. The quantitative estimate of drug-likeness (QED) is 0.526. The number of aryl methyl sites for hydroxylation is 2. The normalized spacial score (nSPS) is 15.4. The Morgan fingerprint density at radius 3 is 2.68 bits per heavy atom. The van der Waals surface area contributed by atoms with Crippen molar-refractivity contribution < 1.29 is 9.53 Å². The van der Waals surface area contributed by atoms with Gasteiger partial charge in [-0.05, 0) is 97.6 Å². The molecule has 1 aliphatic rings. The number of likely N-dealkylation sites (tertiary alicyclic amines) is 1. The van der Waals surface area contributed by atoms with Gasteiger partial charge in [0.2, 0.25) is 0 Å². The first-order valence-electron chi connectivity index (χ1n) is 12.1. The first-order chi connectivity index (χ1) is 16.2. The van der Waals surface area contributed by atoms with Crippen LogP contribution in [0.1, 0.15) is 51.3 Å². The second kappa shape index (κ2) is 11.9. The maximum Gasteiger partial charge on any atom is 0.265 e. The largest absolute Gasteiger partial charge is 0.489 e. The van der Waals surface area contributed by atoms with Gasteiger partial charge in [0, 0.05) is 6.54 Å². The van der Waals surface area contributed by atoms with Gasteiger partial charge in [0.05, 0.1) is 17.5 Å². The van der Waals surface area contributed by atoms with Gasteiger partial charge in [-0.1, -0.05) is 6.07 Å². The third-order valence-electron chi connectivity index (χ3n) is 6.04. The van der Waals surface area contributed by atoms with Gasteiger partial charge in [0.1, 0.15) is 23.5 Å². The number of nitrogens with one attached hydrogen (secondary N) is 2. The van der Waals surface area contributed by atoms with Crippen molar-refractivity contribution in [1.29, 1.82) is 0 Å². The molecular weight excluding hydrogens is 428 g/mol. The molecule has 1 saturated heterocycles. The summed E-state index contributed by atoms with van der Waals surface area (Å²) in [5, 5.41) is 6.35. The molecule has 2 aromatic rings. The second-order valence-corrected chi connectivity index (χ2v) is 9.44. The highest BCUT2D eigenvalue weighted by Crippen LogP contribution is 2.33. The maximum atomic E-state index is 12.7. The van der Waals surface area contributed by atoms with E-state index in [0.29, 0.717) is 35.4 Å². The van der Waals surface area contributed by atoms with E-state index in [-0.39, 0.29) is 12.0 Å². The summed E-state index contributed by atoms with van der Waals surface area (Å²) in [6.07, 6.45) is 4.91. The molecule has 0 bridgehead atoms. The fourth-order valence-corrected chi connectivity index (χ4v) is 3.99. The first-order valence-corrected chi connectivity index (χ1v) is 12.1. The molecule has 1 aromatic heterocycles. The highest BCUT2D eigenvalue weighted by Gasteiger charge is 2.18. The van der Waals surface area contributed by atoms with Crippen LogP contribution in [-0.2, 0) is 4.79 Å². The van der Waals surface area contributed by atoms with Gasteiger partial charge >= 0.3 is 0 Å². The van der Waals surface area contributed by atoms with Crippen molar-refractivity contribution in [3.8, 4) is 5.75 Å². The number of nitrogens with zero attached hydrogens (tertiary/aromatic N) is 4. The number of carbonyl (C=O) groups is 1. The van der Waals surface area contributed by atoms with E-state index in [1.165, 1.54) is 19.2 Å². The summed E-state index contributed by atoms with van der Waals surface area (Å²) in [4.78, 5) is 28.4. The van der Waals surface area contributed by atoms with Crippen LogP contribution >= 0.6 is 0 Å². The summed E-state index contributed by atoms with van der Waals surface area (Å²) in [7, 11) is 2.16. The minimum absolute atomic E-state index is 0.0347. The zero-order valence-electron chi connectivity index (χ0n) is 21.3. The van der Waals surface area contributed by atoms with Crippen LogP contribution in [0.3, 0.4) is 0 Å². The monoisotopic (exact) mass is 466 g/mol. The topological polar surface area (TPSA) is 91.7 Å². The molecule has 0 radical (unpaired) electrons. The van der Waals surface area contributed by atoms with Crippen molar-refractivity contribution in [2.45, 2.75) is 60.0 Å². The molecule has 8 nitrogen and oxygen atoms in total. The number of carbonyl (C=O) groups excluding carboxylic acids is 1. The Morgan fingerprint density at radius 1 is 1.24 bits per heavy atom. The molecule has 2 N–H and O–H groups in total. The highest BCUT2D eigenvalue weighted by molar-refractivity contribution is 6.38. The molecular formula is C26H38N6O2. The molecule has 3 rings (SSSR count). The number of benzene rings is 1. The smallest absolute Gasteiger partial charge is 0.265 e. The SMILES string of the molecule is CC(=Nc1c(C)ncnc1Nc1ccc(C)cc1OC(C)C)C(=O)NCCC1CCN(C)CC1. The van der Waals surface area contributed by atoms with E-state index in [1.54, 1.807) is 6.92 Å². The van der Waals surface area contributed by atoms with Crippen LogP contribution in [-0.4, -0.2) is 59.3 Å². The molecule has 0 aliphatic carbocycles. The van der Waals surface area contributed by atoms with Crippen molar-refractivity contribution in [2.75, 3.05) is 32.0 Å². The van der Waals surface area contributed by atoms with E-state index in [0.717, 1.165) is 36.5 Å². The standard InChI is InChI=1S/C26H38N6O2/c1-17(2)34-23-15-18(3)7-8-22(23)31-25-24(19(4)28-16-29-25)30-20(5)26(33)27-12-9-21-10-13-32(6)14-11-21/h7-8,15-17,21H,9-14H2,1-6H3,(H,27,33)(H,28,29,31). The van der Waals surface area contributed by atoms with Crippen LogP contribution in [0.5, 0.6) is 5.75 Å². The van der Waals surface area contributed by atoms with Gasteiger partial charge in [0.25, 0.3) is 5.91 Å². The van der Waals surface area contributed by atoms with Gasteiger partial charge in [-0.2, -0.15) is 0 Å². The van der Waals surface area contributed by atoms with Crippen molar-refractivity contribution in [1.82, 2.24) is 20.2 Å². The Bertz CT molecular complexity index is 1010. The number of anilines is 2. The Kier molecular flexibility index (Phi) is 8.98. The molecule has 1 aromatic carbocycles. The fourth-order valence-electron chi connectivity index (χ4n) is 3.99. The number of aliphatic imine (C=N–C) groups is 1. The minimum atomic E-state index is -0.165. The zero-order valence-corrected chi connectivity index (χ0v) is 21.3. The van der Waals surface area contributed by atoms with Crippen LogP contribution in [0.15, 0.2) is 29.5 Å². The molecule has 1 aliphatic heterocycles. The summed E-state index contributed by atoms with van der Waals surface area (Å²) in [6.45, 7) is 12.5. The number of amides is 1. The number of hydrogen-bond donors (Lipinski definition) is 2. The van der Waals surface area contributed by atoms with Crippen LogP contribution < -0.4 is 15.4 Å². The van der Waals surface area contributed by atoms with E-state index in [9.17, 15) is 4.79 Å². The zero-order chi connectivity index (χ0) is 24.7. The summed E-state index contributed by atoms with van der Waals surface area (Å²) in [5.74, 6) is 1.78. The molecule has 184 valence electrons. The Labute approximate surface area is 203 Å². The predicted octanol–water partition coefficient (Wildman–Crippen LogP) is 4.56. The van der Waals surface area contributed by atoms with E-state index in [1.807, 2.05) is 45.9 Å². The lowest BCUT2D eigenvalue weighted by Gasteiger charge is -2.28. The molecule has 0 unspecified atom stereocenters. The van der Waals surface area contributed by atoms with Crippen LogP contribution in [0.2, 0.25) is 0 Å². The Hall–Kier alpha value is -3.00. The van der Waals surface area contributed by atoms with Crippen LogP contribution in [0, 0.1) is 19.8 Å². The second-order valence-electron chi connectivity index (χ2n) is 9.44. The average Bonchev–Trinajstić information content (AvgIpc) is 2.78. The van der Waals surface area contributed by atoms with Crippen LogP contribution in [0.4, 0.5) is 17.2 Å². The molecule has 34 heavy (non-hydrogen) atoms. The molecule has 2 heterocycles. The number of aromatic nitrogens is 2. The average molecular weight is 467 g/mol. The molecule has 0 atom stereocenters. The van der Waals surface area contributed by atoms with Gasteiger partial charge in [-0.3, -0.25) is 4.79 Å². The number of ether oxygens (including phenoxy) is 1. The van der Waals surface area contributed by atoms with E-state index in [4.69, 9.17) is 4.74 Å². The van der Waals surface area contributed by atoms with Gasteiger partial charge < -0.3 is 20.3 Å². The van der Waals surface area contributed by atoms with E-state index in [2.05, 4.69) is 37.5 Å². The third-order valence-corrected chi connectivity index (χ3v) is 6.04. The van der Waals surface area contributed by atoms with Crippen molar-refractivity contribution >= 4 is 28.8 Å². The van der Waals surface area contributed by atoms with E-state index >= 15 is 0 Å². The van der Waals surface area contributed by atoms with Crippen molar-refractivity contribution in [3.05, 3.63) is 35.8 Å². The highest BCUT2D eigenvalue weighted by atomic mass is 16.5.